The highest BCUT2D eigenvalue weighted by Gasteiger charge is 2.39. The average Bonchev–Trinajstić information content (AvgIpc) is 3.45. The van der Waals surface area contributed by atoms with Crippen LogP contribution < -0.4 is 0 Å². The molecular weight excluding hydrogens is 446 g/mol. The molecule has 6 nitrogen and oxygen atoms in total. The number of carbonyl (C=O) groups excluding carboxylic acids is 1. The summed E-state index contributed by atoms with van der Waals surface area (Å²) in [6.07, 6.45) is 15.4. The molecular formula is C27H31N3O3S. The lowest BCUT2D eigenvalue weighted by atomic mass is 9.94. The molecule has 0 bridgehead atoms. The number of aromatic carboxylic acids is 1. The molecule has 2 heterocycles. The molecule has 2 aliphatic carbocycles. The summed E-state index contributed by atoms with van der Waals surface area (Å²) in [6.45, 7) is 0. The number of carboxylic acid groups (broad SMARTS) is 1. The third-order valence-electron chi connectivity index (χ3n) is 7.08. The monoisotopic (exact) mass is 477 g/mol. The fourth-order valence-corrected chi connectivity index (χ4v) is 6.37. The highest BCUT2D eigenvalue weighted by Crippen LogP contribution is 2.38. The molecule has 0 unspecified atom stereocenters. The van der Waals surface area contributed by atoms with Gasteiger partial charge in [0.1, 0.15) is 0 Å². The molecule has 3 fully saturated rings. The topological polar surface area (TPSA) is 74.9 Å². The number of benzene rings is 1. The number of aromatic nitrogens is 1. The van der Waals surface area contributed by atoms with E-state index < -0.39 is 5.97 Å². The molecule has 178 valence electrons. The van der Waals surface area contributed by atoms with Gasteiger partial charge in [-0.3, -0.25) is 14.7 Å². The Labute approximate surface area is 204 Å². The second kappa shape index (κ2) is 10.2. The Morgan fingerprint density at radius 1 is 1.00 bits per heavy atom. The Kier molecular flexibility index (Phi) is 6.90. The molecule has 0 atom stereocenters. The van der Waals surface area contributed by atoms with Crippen molar-refractivity contribution in [3.63, 3.8) is 0 Å². The van der Waals surface area contributed by atoms with Gasteiger partial charge in [-0.15, -0.1) is 0 Å². The zero-order chi connectivity index (χ0) is 23.5. The molecule has 2 aromatic rings. The minimum absolute atomic E-state index is 0.0542. The van der Waals surface area contributed by atoms with E-state index in [0.29, 0.717) is 10.9 Å². The molecule has 0 spiro atoms. The van der Waals surface area contributed by atoms with E-state index in [1.54, 1.807) is 18.2 Å². The Bertz CT molecular complexity index is 1120. The highest BCUT2D eigenvalue weighted by atomic mass is 32.2. The van der Waals surface area contributed by atoms with Gasteiger partial charge in [0, 0.05) is 23.6 Å². The number of amidine groups is 1. The minimum atomic E-state index is -0.956. The van der Waals surface area contributed by atoms with E-state index in [2.05, 4.69) is 0 Å². The van der Waals surface area contributed by atoms with Crippen LogP contribution in [0.4, 0.5) is 0 Å². The zero-order valence-electron chi connectivity index (χ0n) is 19.4. The first-order valence-electron chi connectivity index (χ1n) is 12.4. The van der Waals surface area contributed by atoms with Crippen molar-refractivity contribution >= 4 is 34.9 Å². The fourth-order valence-electron chi connectivity index (χ4n) is 5.27. The molecule has 0 radical (unpaired) electrons. The van der Waals surface area contributed by atoms with Gasteiger partial charge in [-0.1, -0.05) is 44.6 Å². The van der Waals surface area contributed by atoms with Gasteiger partial charge in [-0.2, -0.15) is 0 Å². The van der Waals surface area contributed by atoms with Crippen LogP contribution in [0.3, 0.4) is 0 Å². The Morgan fingerprint density at radius 3 is 2.47 bits per heavy atom. The summed E-state index contributed by atoms with van der Waals surface area (Å²) in [7, 11) is 0. The smallest absolute Gasteiger partial charge is 0.335 e. The molecule has 1 aromatic carbocycles. The summed E-state index contributed by atoms with van der Waals surface area (Å²) in [4.78, 5) is 32.9. The van der Waals surface area contributed by atoms with Crippen LogP contribution in [0.15, 0.2) is 52.5 Å². The maximum Gasteiger partial charge on any atom is 0.335 e. The molecule has 3 aliphatic rings. The number of carboxylic acids is 1. The van der Waals surface area contributed by atoms with E-state index in [9.17, 15) is 14.7 Å². The van der Waals surface area contributed by atoms with E-state index in [4.69, 9.17) is 4.99 Å². The van der Waals surface area contributed by atoms with Crippen LogP contribution in [-0.4, -0.2) is 43.7 Å². The van der Waals surface area contributed by atoms with Crippen molar-refractivity contribution in [2.24, 2.45) is 4.99 Å². The summed E-state index contributed by atoms with van der Waals surface area (Å²) < 4.78 is 1.93. The summed E-state index contributed by atoms with van der Waals surface area (Å²) in [5.74, 6) is -0.902. The SMILES string of the molecule is O=C(O)c1cccc(-n2cccc2/C=C2\SC(=NC3CCCCC3)N(C3CCCCC3)C2=O)c1. The number of thioether (sulfide) groups is 1. The maximum absolute atomic E-state index is 13.6. The number of hydrogen-bond donors (Lipinski definition) is 1. The lowest BCUT2D eigenvalue weighted by Gasteiger charge is -2.31. The number of amides is 1. The van der Waals surface area contributed by atoms with Crippen LogP contribution in [0.2, 0.25) is 0 Å². The van der Waals surface area contributed by atoms with Crippen LogP contribution in [0, 0.1) is 0 Å². The third-order valence-corrected chi connectivity index (χ3v) is 8.07. The predicted molar refractivity (Wildman–Crippen MR) is 136 cm³/mol. The first-order chi connectivity index (χ1) is 16.6. The number of aliphatic imine (C=N–C) groups is 1. The lowest BCUT2D eigenvalue weighted by molar-refractivity contribution is -0.124. The maximum atomic E-state index is 13.6. The van der Waals surface area contributed by atoms with Gasteiger partial charge in [-0.25, -0.2) is 4.79 Å². The van der Waals surface area contributed by atoms with E-state index >= 15 is 0 Å². The molecule has 1 amide bonds. The van der Waals surface area contributed by atoms with Crippen LogP contribution in [-0.2, 0) is 4.79 Å². The first kappa shape index (κ1) is 23.0. The number of carbonyl (C=O) groups is 2. The van der Waals surface area contributed by atoms with Gasteiger partial charge in [0.15, 0.2) is 5.17 Å². The first-order valence-corrected chi connectivity index (χ1v) is 13.2. The van der Waals surface area contributed by atoms with Gasteiger partial charge < -0.3 is 9.67 Å². The molecule has 34 heavy (non-hydrogen) atoms. The van der Waals surface area contributed by atoms with E-state index in [1.807, 2.05) is 39.9 Å². The van der Waals surface area contributed by atoms with Gasteiger partial charge in [0.2, 0.25) is 0 Å². The molecule has 7 heteroatoms. The summed E-state index contributed by atoms with van der Waals surface area (Å²) in [6, 6.07) is 11.3. The number of hydrogen-bond acceptors (Lipinski definition) is 4. The van der Waals surface area contributed by atoms with Crippen LogP contribution in [0.5, 0.6) is 0 Å². The van der Waals surface area contributed by atoms with Crippen LogP contribution in [0.25, 0.3) is 11.8 Å². The number of rotatable bonds is 5. The van der Waals surface area contributed by atoms with Gasteiger partial charge in [0.05, 0.1) is 16.5 Å². The van der Waals surface area contributed by atoms with Gasteiger partial charge >= 0.3 is 5.97 Å². The Balaban J connectivity index is 1.47. The minimum Gasteiger partial charge on any atom is -0.478 e. The van der Waals surface area contributed by atoms with E-state index in [0.717, 1.165) is 55.1 Å². The van der Waals surface area contributed by atoms with Crippen molar-refractivity contribution in [1.29, 1.82) is 0 Å². The molecule has 1 aromatic heterocycles. The molecule has 2 saturated carbocycles. The molecule has 1 saturated heterocycles. The molecule has 5 rings (SSSR count). The van der Waals surface area contributed by atoms with E-state index in [-0.39, 0.29) is 17.5 Å². The van der Waals surface area contributed by atoms with Gasteiger partial charge in [0.25, 0.3) is 5.91 Å². The van der Waals surface area contributed by atoms with Crippen molar-refractivity contribution in [2.75, 3.05) is 0 Å². The van der Waals surface area contributed by atoms with Crippen molar-refractivity contribution < 1.29 is 14.7 Å². The van der Waals surface area contributed by atoms with Crippen molar-refractivity contribution in [1.82, 2.24) is 9.47 Å². The van der Waals surface area contributed by atoms with Crippen molar-refractivity contribution in [3.8, 4) is 5.69 Å². The molecule has 1 N–H and O–H groups in total. The second-order valence-corrected chi connectivity index (χ2v) is 10.4. The second-order valence-electron chi connectivity index (χ2n) is 9.44. The zero-order valence-corrected chi connectivity index (χ0v) is 20.2. The summed E-state index contributed by atoms with van der Waals surface area (Å²) in [5.41, 5.74) is 1.84. The van der Waals surface area contributed by atoms with Crippen molar-refractivity contribution in [2.45, 2.75) is 76.3 Å². The Morgan fingerprint density at radius 2 is 1.74 bits per heavy atom. The largest absolute Gasteiger partial charge is 0.478 e. The van der Waals surface area contributed by atoms with Crippen molar-refractivity contribution in [3.05, 3.63) is 58.8 Å². The lowest BCUT2D eigenvalue weighted by Crippen LogP contribution is -2.41. The van der Waals surface area contributed by atoms with Crippen LogP contribution >= 0.6 is 11.8 Å². The van der Waals surface area contributed by atoms with E-state index in [1.165, 1.54) is 37.4 Å². The van der Waals surface area contributed by atoms with Gasteiger partial charge in [-0.05, 0) is 73.9 Å². The number of nitrogens with zero attached hydrogens (tertiary/aromatic N) is 3. The standard InChI is InChI=1S/C27H31N3O3S/c31-25-24(18-23-15-8-16-29(23)22-14-7-9-19(17-22)26(32)33)34-27(28-20-10-3-1-4-11-20)30(25)21-12-5-2-6-13-21/h7-9,14-18,20-21H,1-6,10-13H2,(H,32,33)/b24-18-,28-27?. The quantitative estimate of drug-likeness (QED) is 0.527. The average molecular weight is 478 g/mol. The normalized spacial score (nSPS) is 22.7. The highest BCUT2D eigenvalue weighted by molar-refractivity contribution is 8.18. The third kappa shape index (κ3) is 4.85. The molecule has 1 aliphatic heterocycles. The summed E-state index contributed by atoms with van der Waals surface area (Å²) in [5, 5.41) is 10.2. The fraction of sp³-hybridized carbons (Fsp3) is 0.444. The van der Waals surface area contributed by atoms with Crippen LogP contribution in [0.1, 0.15) is 80.3 Å². The summed E-state index contributed by atoms with van der Waals surface area (Å²) >= 11 is 1.50. The predicted octanol–water partition coefficient (Wildman–Crippen LogP) is 6.11. The Hall–Kier alpha value is -2.80.